The van der Waals surface area contributed by atoms with Crippen molar-refractivity contribution < 1.29 is 17.9 Å². The highest BCUT2D eigenvalue weighted by Crippen LogP contribution is 2.17. The van der Waals surface area contributed by atoms with Crippen LogP contribution < -0.4 is 5.32 Å². The molecule has 0 aromatic heterocycles. The molecule has 0 amide bonds. The molecule has 2 nitrogen and oxygen atoms in total. The van der Waals surface area contributed by atoms with Gasteiger partial charge in [-0.2, -0.15) is 13.2 Å². The normalized spacial score (nSPS) is 11.9. The highest BCUT2D eigenvalue weighted by molar-refractivity contribution is 5.45. The molecular weight excluding hydrogens is 243 g/mol. The van der Waals surface area contributed by atoms with Crippen LogP contribution in [0.5, 0.6) is 0 Å². The maximum Gasteiger partial charge on any atom is 0.411 e. The van der Waals surface area contributed by atoms with E-state index in [9.17, 15) is 13.2 Å². The van der Waals surface area contributed by atoms with E-state index in [0.29, 0.717) is 12.5 Å². The van der Waals surface area contributed by atoms with Crippen LogP contribution in [0.1, 0.15) is 25.3 Å². The van der Waals surface area contributed by atoms with E-state index in [4.69, 9.17) is 0 Å². The highest BCUT2D eigenvalue weighted by atomic mass is 19.4. The SMILES string of the molecule is CC(C)c1ccc(NCCOCC(F)(F)F)cc1. The van der Waals surface area contributed by atoms with Crippen LogP contribution in [-0.2, 0) is 4.74 Å². The van der Waals surface area contributed by atoms with Crippen LogP contribution in [0.4, 0.5) is 18.9 Å². The highest BCUT2D eigenvalue weighted by Gasteiger charge is 2.27. The van der Waals surface area contributed by atoms with Crippen molar-refractivity contribution >= 4 is 5.69 Å². The summed E-state index contributed by atoms with van der Waals surface area (Å²) in [4.78, 5) is 0. The summed E-state index contributed by atoms with van der Waals surface area (Å²) in [5.74, 6) is 0.467. The minimum Gasteiger partial charge on any atom is -0.383 e. The molecule has 0 radical (unpaired) electrons. The second-order valence-corrected chi connectivity index (χ2v) is 4.37. The molecule has 5 heteroatoms. The van der Waals surface area contributed by atoms with Gasteiger partial charge in [0.2, 0.25) is 0 Å². The Morgan fingerprint density at radius 3 is 2.28 bits per heavy atom. The molecule has 0 unspecified atom stereocenters. The topological polar surface area (TPSA) is 21.3 Å². The lowest BCUT2D eigenvalue weighted by molar-refractivity contribution is -0.172. The molecule has 0 aliphatic heterocycles. The van der Waals surface area contributed by atoms with Crippen molar-refractivity contribution in [2.24, 2.45) is 0 Å². The lowest BCUT2D eigenvalue weighted by atomic mass is 10.0. The summed E-state index contributed by atoms with van der Waals surface area (Å²) in [5, 5.41) is 3.00. The molecule has 0 atom stereocenters. The molecular formula is C13H18F3NO. The van der Waals surface area contributed by atoms with Gasteiger partial charge in [-0.05, 0) is 23.6 Å². The van der Waals surface area contributed by atoms with E-state index in [2.05, 4.69) is 23.9 Å². The van der Waals surface area contributed by atoms with Crippen molar-refractivity contribution in [1.29, 1.82) is 0 Å². The summed E-state index contributed by atoms with van der Waals surface area (Å²) in [6.45, 7) is 3.41. The molecule has 1 aromatic rings. The van der Waals surface area contributed by atoms with Crippen LogP contribution in [0, 0.1) is 0 Å². The summed E-state index contributed by atoms with van der Waals surface area (Å²) in [6.07, 6.45) is -4.25. The molecule has 0 fully saturated rings. The average molecular weight is 261 g/mol. The van der Waals surface area contributed by atoms with E-state index in [-0.39, 0.29) is 6.61 Å². The summed E-state index contributed by atoms with van der Waals surface area (Å²) < 4.78 is 39.8. The molecule has 0 heterocycles. The first-order valence-corrected chi connectivity index (χ1v) is 5.87. The van der Waals surface area contributed by atoms with Crippen molar-refractivity contribution in [2.75, 3.05) is 25.1 Å². The fraction of sp³-hybridized carbons (Fsp3) is 0.538. The third-order valence-corrected chi connectivity index (χ3v) is 2.42. The smallest absolute Gasteiger partial charge is 0.383 e. The van der Waals surface area contributed by atoms with E-state index < -0.39 is 12.8 Å². The van der Waals surface area contributed by atoms with Gasteiger partial charge >= 0.3 is 6.18 Å². The number of benzene rings is 1. The van der Waals surface area contributed by atoms with Crippen LogP contribution in [0.15, 0.2) is 24.3 Å². The Morgan fingerprint density at radius 2 is 1.78 bits per heavy atom. The van der Waals surface area contributed by atoms with Gasteiger partial charge in [-0.3, -0.25) is 0 Å². The predicted molar refractivity (Wildman–Crippen MR) is 65.9 cm³/mol. The first-order chi connectivity index (χ1) is 8.38. The van der Waals surface area contributed by atoms with Crippen LogP contribution in [0.25, 0.3) is 0 Å². The molecule has 1 aromatic carbocycles. The van der Waals surface area contributed by atoms with Crippen molar-refractivity contribution in [3.63, 3.8) is 0 Å². The van der Waals surface area contributed by atoms with Crippen LogP contribution in [0.2, 0.25) is 0 Å². The first-order valence-electron chi connectivity index (χ1n) is 5.87. The summed E-state index contributed by atoms with van der Waals surface area (Å²) >= 11 is 0. The molecule has 1 N–H and O–H groups in total. The Labute approximate surface area is 105 Å². The fourth-order valence-electron chi connectivity index (χ4n) is 1.44. The van der Waals surface area contributed by atoms with E-state index in [0.717, 1.165) is 5.69 Å². The van der Waals surface area contributed by atoms with Gasteiger partial charge in [0.25, 0.3) is 0 Å². The number of hydrogen-bond acceptors (Lipinski definition) is 2. The summed E-state index contributed by atoms with van der Waals surface area (Å²) in [6, 6.07) is 7.84. The van der Waals surface area contributed by atoms with Gasteiger partial charge in [0.1, 0.15) is 6.61 Å². The summed E-state index contributed by atoms with van der Waals surface area (Å²) in [5.41, 5.74) is 2.11. The molecule has 0 saturated heterocycles. The van der Waals surface area contributed by atoms with Gasteiger partial charge in [0.15, 0.2) is 0 Å². The molecule has 1 rings (SSSR count). The van der Waals surface area contributed by atoms with Crippen LogP contribution in [0.3, 0.4) is 0 Å². The minimum absolute atomic E-state index is 0.0332. The number of rotatable bonds is 6. The van der Waals surface area contributed by atoms with Gasteiger partial charge < -0.3 is 10.1 Å². The third-order valence-electron chi connectivity index (χ3n) is 2.42. The van der Waals surface area contributed by atoms with Crippen LogP contribution >= 0.6 is 0 Å². The van der Waals surface area contributed by atoms with Crippen molar-refractivity contribution in [2.45, 2.75) is 25.9 Å². The van der Waals surface area contributed by atoms with Gasteiger partial charge in [0.05, 0.1) is 6.61 Å². The van der Waals surface area contributed by atoms with Crippen molar-refractivity contribution in [3.05, 3.63) is 29.8 Å². The molecule has 0 aliphatic rings. The van der Waals surface area contributed by atoms with E-state index >= 15 is 0 Å². The lowest BCUT2D eigenvalue weighted by Gasteiger charge is -2.10. The summed E-state index contributed by atoms with van der Waals surface area (Å²) in [7, 11) is 0. The molecule has 0 spiro atoms. The maximum atomic E-state index is 11.8. The molecule has 18 heavy (non-hydrogen) atoms. The van der Waals surface area contributed by atoms with Gasteiger partial charge in [-0.1, -0.05) is 26.0 Å². The zero-order chi connectivity index (χ0) is 13.6. The van der Waals surface area contributed by atoms with Gasteiger partial charge in [0, 0.05) is 12.2 Å². The van der Waals surface area contributed by atoms with Gasteiger partial charge in [-0.15, -0.1) is 0 Å². The molecule has 0 aliphatic carbocycles. The van der Waals surface area contributed by atoms with Crippen molar-refractivity contribution in [3.8, 4) is 0 Å². The van der Waals surface area contributed by atoms with Crippen LogP contribution in [-0.4, -0.2) is 25.9 Å². The number of nitrogens with one attached hydrogen (secondary N) is 1. The number of alkyl halides is 3. The number of hydrogen-bond donors (Lipinski definition) is 1. The quantitative estimate of drug-likeness (QED) is 0.786. The molecule has 0 saturated carbocycles. The number of halogens is 3. The van der Waals surface area contributed by atoms with Gasteiger partial charge in [-0.25, -0.2) is 0 Å². The first kappa shape index (κ1) is 14.8. The second-order valence-electron chi connectivity index (χ2n) is 4.37. The van der Waals surface area contributed by atoms with E-state index in [1.54, 1.807) is 0 Å². The zero-order valence-corrected chi connectivity index (χ0v) is 10.6. The lowest BCUT2D eigenvalue weighted by Crippen LogP contribution is -2.20. The largest absolute Gasteiger partial charge is 0.411 e. The second kappa shape index (κ2) is 6.64. The monoisotopic (exact) mass is 261 g/mol. The van der Waals surface area contributed by atoms with E-state index in [1.165, 1.54) is 5.56 Å². The fourth-order valence-corrected chi connectivity index (χ4v) is 1.44. The third kappa shape index (κ3) is 5.91. The zero-order valence-electron chi connectivity index (χ0n) is 10.6. The Bertz CT molecular complexity index is 346. The van der Waals surface area contributed by atoms with Crippen molar-refractivity contribution in [1.82, 2.24) is 0 Å². The maximum absolute atomic E-state index is 11.8. The number of anilines is 1. The predicted octanol–water partition coefficient (Wildman–Crippen LogP) is 3.80. The van der Waals surface area contributed by atoms with E-state index in [1.807, 2.05) is 24.3 Å². The average Bonchev–Trinajstić information content (AvgIpc) is 2.27. The molecule has 102 valence electrons. The Kier molecular flexibility index (Phi) is 5.47. The Hall–Kier alpha value is -1.23. The number of ether oxygens (including phenoxy) is 1. The Balaban J connectivity index is 2.23. The Morgan fingerprint density at radius 1 is 1.17 bits per heavy atom. The molecule has 0 bridgehead atoms. The minimum atomic E-state index is -4.25. The standard InChI is InChI=1S/C13H18F3NO/c1-10(2)11-3-5-12(6-4-11)17-7-8-18-9-13(14,15)16/h3-6,10,17H,7-9H2,1-2H3.